The minimum absolute atomic E-state index is 0.286. The summed E-state index contributed by atoms with van der Waals surface area (Å²) in [4.78, 5) is 14.0. The van der Waals surface area contributed by atoms with Crippen LogP contribution in [0.25, 0.3) is 39.2 Å². The van der Waals surface area contributed by atoms with Crippen LogP contribution in [0.15, 0.2) is 67.4 Å². The Kier molecular flexibility index (Phi) is 4.30. The van der Waals surface area contributed by atoms with Gasteiger partial charge >= 0.3 is 0 Å². The first-order valence-corrected chi connectivity index (χ1v) is 10.8. The highest BCUT2D eigenvalue weighted by Crippen LogP contribution is 2.33. The van der Waals surface area contributed by atoms with Gasteiger partial charge in [0.2, 0.25) is 0 Å². The molecule has 0 unspecified atom stereocenters. The maximum atomic E-state index is 14.5. The number of hydrogen-bond donors (Lipinski definition) is 0. The van der Waals surface area contributed by atoms with Crippen LogP contribution in [0.5, 0.6) is 0 Å². The zero-order valence-electron chi connectivity index (χ0n) is 17.1. The van der Waals surface area contributed by atoms with Crippen molar-refractivity contribution in [2.45, 2.75) is 38.1 Å². The number of benzene rings is 2. The topological polar surface area (TPSA) is 48.0 Å². The lowest BCUT2D eigenvalue weighted by molar-refractivity contribution is 0.359. The van der Waals surface area contributed by atoms with Crippen LogP contribution >= 0.6 is 0 Å². The van der Waals surface area contributed by atoms with E-state index in [0.29, 0.717) is 17.3 Å². The van der Waals surface area contributed by atoms with Gasteiger partial charge in [0.1, 0.15) is 11.5 Å². The molecule has 1 fully saturated rings. The molecule has 2 aromatic carbocycles. The van der Waals surface area contributed by atoms with Gasteiger partial charge in [-0.25, -0.2) is 19.3 Å². The highest BCUT2D eigenvalue weighted by atomic mass is 19.1. The zero-order valence-corrected chi connectivity index (χ0v) is 17.1. The monoisotopic (exact) mass is 411 g/mol. The maximum absolute atomic E-state index is 14.5. The number of aromatic nitrogens is 5. The third-order valence-corrected chi connectivity index (χ3v) is 6.34. The van der Waals surface area contributed by atoms with Crippen molar-refractivity contribution in [2.24, 2.45) is 0 Å². The van der Waals surface area contributed by atoms with Crippen LogP contribution in [0, 0.1) is 5.82 Å². The molecule has 3 aromatic heterocycles. The highest BCUT2D eigenvalue weighted by Gasteiger charge is 2.19. The predicted molar refractivity (Wildman–Crippen MR) is 119 cm³/mol. The summed E-state index contributed by atoms with van der Waals surface area (Å²) in [6, 6.07) is 13.5. The van der Waals surface area contributed by atoms with Crippen LogP contribution in [0.1, 0.15) is 38.1 Å². The van der Waals surface area contributed by atoms with Crippen LogP contribution in [-0.4, -0.2) is 23.9 Å². The molecular formula is C25H22FN5. The van der Waals surface area contributed by atoms with Gasteiger partial charge < -0.3 is 8.97 Å². The Bertz CT molecular complexity index is 1390. The molecule has 6 heteroatoms. The Morgan fingerprint density at radius 3 is 2.71 bits per heavy atom. The fourth-order valence-corrected chi connectivity index (χ4v) is 4.75. The molecule has 154 valence electrons. The Balaban J connectivity index is 1.53. The molecule has 0 radical (unpaired) electrons. The molecule has 3 heterocycles. The number of rotatable bonds is 3. The molecular weight excluding hydrogens is 389 g/mol. The Labute approximate surface area is 179 Å². The lowest BCUT2D eigenvalue weighted by Gasteiger charge is -2.23. The fraction of sp³-hybridized carbons (Fsp3) is 0.240. The van der Waals surface area contributed by atoms with E-state index in [2.05, 4.69) is 20.6 Å². The molecule has 0 atom stereocenters. The van der Waals surface area contributed by atoms with Gasteiger partial charge in [-0.3, -0.25) is 0 Å². The lowest BCUT2D eigenvalue weighted by Crippen LogP contribution is -2.11. The summed E-state index contributed by atoms with van der Waals surface area (Å²) in [7, 11) is 0. The summed E-state index contributed by atoms with van der Waals surface area (Å²) in [6.07, 6.45) is 13.7. The number of halogens is 1. The van der Waals surface area contributed by atoms with Crippen LogP contribution in [-0.2, 0) is 0 Å². The first-order valence-electron chi connectivity index (χ1n) is 10.8. The Hall–Kier alpha value is -3.54. The van der Waals surface area contributed by atoms with E-state index in [-0.39, 0.29) is 5.82 Å². The quantitative estimate of drug-likeness (QED) is 0.363. The molecule has 0 saturated heterocycles. The number of fused-ring (bicyclic) bond motifs is 2. The van der Waals surface area contributed by atoms with Crippen molar-refractivity contribution in [3.05, 3.63) is 73.2 Å². The van der Waals surface area contributed by atoms with Crippen LogP contribution in [0.3, 0.4) is 0 Å². The molecule has 6 rings (SSSR count). The average molecular weight is 411 g/mol. The summed E-state index contributed by atoms with van der Waals surface area (Å²) < 4.78 is 18.7. The third-order valence-electron chi connectivity index (χ3n) is 6.34. The summed E-state index contributed by atoms with van der Waals surface area (Å²) in [6.45, 7) is 0. The SMILES string of the molecule is Fc1ccccc1-c1cn2ccnc2c(-c2ccc3ncn(C4CCCCC4)c3c2)n1. The van der Waals surface area contributed by atoms with Gasteiger partial charge in [-0.15, -0.1) is 0 Å². The number of imidazole rings is 2. The Morgan fingerprint density at radius 1 is 0.968 bits per heavy atom. The summed E-state index contributed by atoms with van der Waals surface area (Å²) in [5.41, 5.74) is 5.62. The lowest BCUT2D eigenvalue weighted by atomic mass is 9.95. The van der Waals surface area contributed by atoms with Crippen molar-refractivity contribution in [2.75, 3.05) is 0 Å². The normalized spacial score (nSPS) is 15.1. The second-order valence-electron chi connectivity index (χ2n) is 8.26. The molecule has 0 N–H and O–H groups in total. The van der Waals surface area contributed by atoms with Gasteiger partial charge in [0.25, 0.3) is 0 Å². The zero-order chi connectivity index (χ0) is 20.8. The molecule has 0 spiro atoms. The highest BCUT2D eigenvalue weighted by molar-refractivity contribution is 5.85. The third kappa shape index (κ3) is 3.10. The van der Waals surface area contributed by atoms with Crippen molar-refractivity contribution in [3.8, 4) is 22.5 Å². The molecule has 1 aliphatic carbocycles. The van der Waals surface area contributed by atoms with Crippen molar-refractivity contribution in [3.63, 3.8) is 0 Å². The molecule has 1 aliphatic rings. The van der Waals surface area contributed by atoms with Gasteiger partial charge in [0, 0.05) is 35.8 Å². The molecule has 5 aromatic rings. The molecule has 0 bridgehead atoms. The van der Waals surface area contributed by atoms with Crippen LogP contribution in [0.2, 0.25) is 0 Å². The number of hydrogen-bond acceptors (Lipinski definition) is 3. The first kappa shape index (κ1) is 18.2. The summed E-state index contributed by atoms with van der Waals surface area (Å²) in [5.74, 6) is -0.286. The van der Waals surface area contributed by atoms with E-state index in [0.717, 1.165) is 27.9 Å². The summed E-state index contributed by atoms with van der Waals surface area (Å²) >= 11 is 0. The standard InChI is InChI=1S/C25H22FN5/c26-20-9-5-4-8-19(20)22-15-30-13-12-27-25(30)24(29-22)17-10-11-21-23(14-17)31(16-28-21)18-6-2-1-3-7-18/h4-5,8-16,18H,1-3,6-7H2. The van der Waals surface area contributed by atoms with Crippen molar-refractivity contribution in [1.29, 1.82) is 0 Å². The van der Waals surface area contributed by atoms with E-state index in [1.807, 2.05) is 41.3 Å². The van der Waals surface area contributed by atoms with Gasteiger partial charge in [-0.1, -0.05) is 37.5 Å². The van der Waals surface area contributed by atoms with Crippen LogP contribution < -0.4 is 0 Å². The van der Waals surface area contributed by atoms with Gasteiger partial charge in [-0.2, -0.15) is 0 Å². The van der Waals surface area contributed by atoms with Crippen molar-refractivity contribution in [1.82, 2.24) is 23.9 Å². The largest absolute Gasteiger partial charge is 0.327 e. The van der Waals surface area contributed by atoms with Crippen LogP contribution in [0.4, 0.5) is 4.39 Å². The smallest absolute Gasteiger partial charge is 0.163 e. The van der Waals surface area contributed by atoms with Crippen molar-refractivity contribution < 1.29 is 4.39 Å². The molecule has 31 heavy (non-hydrogen) atoms. The molecule has 0 amide bonds. The fourth-order valence-electron chi connectivity index (χ4n) is 4.75. The van der Waals surface area contributed by atoms with Gasteiger partial charge in [0.05, 0.1) is 23.1 Å². The van der Waals surface area contributed by atoms with E-state index in [9.17, 15) is 4.39 Å². The minimum atomic E-state index is -0.286. The molecule has 1 saturated carbocycles. The van der Waals surface area contributed by atoms with Crippen molar-refractivity contribution >= 4 is 16.7 Å². The predicted octanol–water partition coefficient (Wildman–Crippen LogP) is 6.06. The van der Waals surface area contributed by atoms with Gasteiger partial charge in [-0.05, 0) is 37.1 Å². The Morgan fingerprint density at radius 2 is 1.84 bits per heavy atom. The molecule has 0 aliphatic heterocycles. The van der Waals surface area contributed by atoms with E-state index >= 15 is 0 Å². The minimum Gasteiger partial charge on any atom is -0.327 e. The second-order valence-corrected chi connectivity index (χ2v) is 8.26. The van der Waals surface area contributed by atoms with Gasteiger partial charge in [0.15, 0.2) is 5.65 Å². The second kappa shape index (κ2) is 7.30. The van der Waals surface area contributed by atoms with E-state index in [1.165, 1.54) is 38.2 Å². The van der Waals surface area contributed by atoms with E-state index in [1.54, 1.807) is 18.3 Å². The molecule has 5 nitrogen and oxygen atoms in total. The first-order chi connectivity index (χ1) is 15.3. The summed E-state index contributed by atoms with van der Waals surface area (Å²) in [5, 5.41) is 0. The van der Waals surface area contributed by atoms with E-state index < -0.39 is 0 Å². The average Bonchev–Trinajstić information content (AvgIpc) is 3.46. The maximum Gasteiger partial charge on any atom is 0.163 e. The number of nitrogens with zero attached hydrogens (tertiary/aromatic N) is 5. The van der Waals surface area contributed by atoms with E-state index in [4.69, 9.17) is 4.98 Å².